The van der Waals surface area contributed by atoms with Crippen molar-refractivity contribution < 1.29 is 22.7 Å². The molecule has 23 heavy (non-hydrogen) atoms. The number of benzene rings is 2. The first-order valence-electron chi connectivity index (χ1n) is 6.84. The van der Waals surface area contributed by atoms with Gasteiger partial charge in [-0.1, -0.05) is 29.8 Å². The molecule has 2 rings (SSSR count). The summed E-state index contributed by atoms with van der Waals surface area (Å²) in [7, 11) is -3.89. The van der Waals surface area contributed by atoms with Gasteiger partial charge in [0, 0.05) is 0 Å². The number of halogens is 1. The molecule has 7 heteroatoms. The summed E-state index contributed by atoms with van der Waals surface area (Å²) in [6.07, 6.45) is -0.448. The van der Waals surface area contributed by atoms with Gasteiger partial charge in [0.05, 0.1) is 17.4 Å². The molecule has 0 amide bonds. The van der Waals surface area contributed by atoms with Crippen LogP contribution in [0.15, 0.2) is 53.4 Å². The molecule has 1 atom stereocenters. The van der Waals surface area contributed by atoms with E-state index in [9.17, 15) is 17.6 Å². The summed E-state index contributed by atoms with van der Waals surface area (Å²) in [6.45, 7) is 1.83. The Bertz CT molecular complexity index is 786. The summed E-state index contributed by atoms with van der Waals surface area (Å²) in [5.41, 5.74) is 1.29. The fourth-order valence-corrected chi connectivity index (χ4v) is 3.29. The van der Waals surface area contributed by atoms with Crippen molar-refractivity contribution in [2.24, 2.45) is 0 Å². The average Bonchev–Trinajstić information content (AvgIpc) is 2.47. The molecule has 2 aromatic rings. The van der Waals surface area contributed by atoms with Crippen LogP contribution in [0.25, 0.3) is 0 Å². The molecule has 0 bridgehead atoms. The standard InChI is InChI=1S/C16H16FNO4S/c1-11-2-8-14(9-3-11)23(21,22)18-15(10-16(19)20)12-4-6-13(17)7-5-12/h2-9,15,18H,10H2,1H3,(H,19,20)/t15-/m0/s1. The lowest BCUT2D eigenvalue weighted by Crippen LogP contribution is -2.30. The van der Waals surface area contributed by atoms with Crippen molar-refractivity contribution in [2.45, 2.75) is 24.3 Å². The maximum absolute atomic E-state index is 13.0. The Morgan fingerprint density at radius 1 is 1.13 bits per heavy atom. The third kappa shape index (κ3) is 4.61. The second-order valence-corrected chi connectivity index (χ2v) is 6.85. The van der Waals surface area contributed by atoms with Crippen molar-refractivity contribution in [1.29, 1.82) is 0 Å². The fraction of sp³-hybridized carbons (Fsp3) is 0.188. The molecule has 0 radical (unpaired) electrons. The Hall–Kier alpha value is -2.25. The van der Waals surface area contributed by atoms with E-state index < -0.39 is 34.3 Å². The summed E-state index contributed by atoms with van der Waals surface area (Å²) in [5.74, 6) is -1.64. The van der Waals surface area contributed by atoms with Crippen molar-refractivity contribution in [3.05, 3.63) is 65.5 Å². The summed E-state index contributed by atoms with van der Waals surface area (Å²) >= 11 is 0. The average molecular weight is 337 g/mol. The van der Waals surface area contributed by atoms with Gasteiger partial charge in [-0.2, -0.15) is 0 Å². The van der Waals surface area contributed by atoms with Crippen LogP contribution in [0.3, 0.4) is 0 Å². The monoisotopic (exact) mass is 337 g/mol. The summed E-state index contributed by atoms with van der Waals surface area (Å²) in [5, 5.41) is 8.99. The van der Waals surface area contributed by atoms with Crippen molar-refractivity contribution in [1.82, 2.24) is 4.72 Å². The van der Waals surface area contributed by atoms with E-state index in [2.05, 4.69) is 4.72 Å². The minimum atomic E-state index is -3.89. The molecule has 0 aromatic heterocycles. The summed E-state index contributed by atoms with van der Waals surface area (Å²) in [4.78, 5) is 11.1. The Morgan fingerprint density at radius 3 is 2.22 bits per heavy atom. The van der Waals surface area contributed by atoms with E-state index in [1.54, 1.807) is 12.1 Å². The highest BCUT2D eigenvalue weighted by atomic mass is 32.2. The van der Waals surface area contributed by atoms with E-state index in [1.165, 1.54) is 24.3 Å². The Balaban J connectivity index is 2.31. The number of carboxylic acids is 1. The highest BCUT2D eigenvalue weighted by Gasteiger charge is 2.23. The van der Waals surface area contributed by atoms with Gasteiger partial charge in [0.25, 0.3) is 0 Å². The number of carbonyl (C=O) groups is 1. The predicted molar refractivity (Wildman–Crippen MR) is 82.9 cm³/mol. The summed E-state index contributed by atoms with van der Waals surface area (Å²) < 4.78 is 40.2. The molecule has 0 aliphatic carbocycles. The first-order chi connectivity index (χ1) is 10.8. The molecular formula is C16H16FNO4S. The van der Waals surface area contributed by atoms with Gasteiger partial charge >= 0.3 is 5.97 Å². The highest BCUT2D eigenvalue weighted by molar-refractivity contribution is 7.89. The molecule has 0 saturated carbocycles. The molecule has 0 unspecified atom stereocenters. The van der Waals surface area contributed by atoms with Gasteiger partial charge < -0.3 is 5.11 Å². The quantitative estimate of drug-likeness (QED) is 0.849. The minimum Gasteiger partial charge on any atom is -0.481 e. The van der Waals surface area contributed by atoms with Crippen LogP contribution in [-0.4, -0.2) is 19.5 Å². The van der Waals surface area contributed by atoms with Crippen LogP contribution in [0.5, 0.6) is 0 Å². The molecule has 0 aliphatic heterocycles. The van der Waals surface area contributed by atoms with Gasteiger partial charge in [-0.25, -0.2) is 17.5 Å². The molecular weight excluding hydrogens is 321 g/mol. The fourth-order valence-electron chi connectivity index (χ4n) is 2.07. The lowest BCUT2D eigenvalue weighted by atomic mass is 10.1. The lowest BCUT2D eigenvalue weighted by Gasteiger charge is -2.17. The van der Waals surface area contributed by atoms with Gasteiger partial charge in [0.2, 0.25) is 10.0 Å². The van der Waals surface area contributed by atoms with Crippen LogP contribution in [0, 0.1) is 12.7 Å². The van der Waals surface area contributed by atoms with Crippen molar-refractivity contribution in [3.63, 3.8) is 0 Å². The van der Waals surface area contributed by atoms with E-state index in [1.807, 2.05) is 6.92 Å². The minimum absolute atomic E-state index is 0.0422. The van der Waals surface area contributed by atoms with E-state index in [0.717, 1.165) is 17.7 Å². The predicted octanol–water partition coefficient (Wildman–Crippen LogP) is 2.63. The van der Waals surface area contributed by atoms with Crippen molar-refractivity contribution >= 4 is 16.0 Å². The summed E-state index contributed by atoms with van der Waals surface area (Å²) in [6, 6.07) is 10.2. The zero-order chi connectivity index (χ0) is 17.0. The van der Waals surface area contributed by atoms with Crippen LogP contribution in [-0.2, 0) is 14.8 Å². The normalized spacial score (nSPS) is 12.8. The van der Waals surface area contributed by atoms with Gasteiger partial charge in [-0.05, 0) is 36.8 Å². The number of hydrogen-bond acceptors (Lipinski definition) is 3. The smallest absolute Gasteiger partial charge is 0.305 e. The van der Waals surface area contributed by atoms with E-state index in [4.69, 9.17) is 5.11 Å². The Kier molecular flexibility index (Phi) is 5.12. The number of carboxylic acid groups (broad SMARTS) is 1. The largest absolute Gasteiger partial charge is 0.481 e. The van der Waals surface area contributed by atoms with Gasteiger partial charge in [0.15, 0.2) is 0 Å². The number of nitrogens with one attached hydrogen (secondary N) is 1. The number of aliphatic carboxylic acids is 1. The number of hydrogen-bond donors (Lipinski definition) is 2. The molecule has 0 heterocycles. The van der Waals surface area contributed by atoms with Gasteiger partial charge in [-0.3, -0.25) is 4.79 Å². The zero-order valence-electron chi connectivity index (χ0n) is 12.4. The van der Waals surface area contributed by atoms with Crippen LogP contribution in [0.4, 0.5) is 4.39 Å². The van der Waals surface area contributed by atoms with Crippen LogP contribution >= 0.6 is 0 Å². The van der Waals surface area contributed by atoms with E-state index >= 15 is 0 Å². The third-order valence-electron chi connectivity index (χ3n) is 3.28. The lowest BCUT2D eigenvalue weighted by molar-refractivity contribution is -0.137. The Labute approximate surface area is 133 Å². The maximum atomic E-state index is 13.0. The maximum Gasteiger partial charge on any atom is 0.305 e. The molecule has 0 aliphatic rings. The number of aryl methyl sites for hydroxylation is 1. The topological polar surface area (TPSA) is 83.5 Å². The van der Waals surface area contributed by atoms with Crippen molar-refractivity contribution in [3.8, 4) is 0 Å². The second-order valence-electron chi connectivity index (χ2n) is 5.14. The van der Waals surface area contributed by atoms with E-state index in [-0.39, 0.29) is 4.90 Å². The van der Waals surface area contributed by atoms with Crippen molar-refractivity contribution in [2.75, 3.05) is 0 Å². The molecule has 2 aromatic carbocycles. The molecule has 5 nitrogen and oxygen atoms in total. The highest BCUT2D eigenvalue weighted by Crippen LogP contribution is 2.21. The molecule has 0 fully saturated rings. The first kappa shape index (κ1) is 17.1. The number of rotatable bonds is 6. The molecule has 0 spiro atoms. The van der Waals surface area contributed by atoms with Crippen LogP contribution < -0.4 is 4.72 Å². The number of sulfonamides is 1. The van der Waals surface area contributed by atoms with Gasteiger partial charge in [0.1, 0.15) is 5.82 Å². The molecule has 122 valence electrons. The third-order valence-corrected chi connectivity index (χ3v) is 4.77. The van der Waals surface area contributed by atoms with Crippen LogP contribution in [0.1, 0.15) is 23.6 Å². The first-order valence-corrected chi connectivity index (χ1v) is 8.32. The van der Waals surface area contributed by atoms with E-state index in [0.29, 0.717) is 5.56 Å². The SMILES string of the molecule is Cc1ccc(S(=O)(=O)N[C@@H](CC(=O)O)c2ccc(F)cc2)cc1. The van der Waals surface area contributed by atoms with Crippen LogP contribution in [0.2, 0.25) is 0 Å². The zero-order valence-corrected chi connectivity index (χ0v) is 13.2. The second kappa shape index (κ2) is 6.89. The molecule has 0 saturated heterocycles. The Morgan fingerprint density at radius 2 is 1.70 bits per heavy atom. The van der Waals surface area contributed by atoms with Gasteiger partial charge in [-0.15, -0.1) is 0 Å². The molecule has 2 N–H and O–H groups in total.